The Morgan fingerprint density at radius 2 is 2.00 bits per heavy atom. The van der Waals surface area contributed by atoms with Gasteiger partial charge in [-0.25, -0.2) is 4.79 Å². The number of rotatable bonds is 2. The average molecular weight is 360 g/mol. The number of carbonyl (C=O) groups excluding carboxylic acids is 1. The summed E-state index contributed by atoms with van der Waals surface area (Å²) in [5.41, 5.74) is -0.823. The third kappa shape index (κ3) is 4.47. The predicted octanol–water partition coefficient (Wildman–Crippen LogP) is 4.09. The summed E-state index contributed by atoms with van der Waals surface area (Å²) < 4.78 is 39.8. The number of urea groups is 1. The van der Waals surface area contributed by atoms with Crippen molar-refractivity contribution in [3.8, 4) is 0 Å². The van der Waals surface area contributed by atoms with Gasteiger partial charge in [-0.3, -0.25) is 4.68 Å². The van der Waals surface area contributed by atoms with E-state index in [9.17, 15) is 18.0 Å². The van der Waals surface area contributed by atoms with E-state index in [1.54, 1.807) is 16.9 Å². The van der Waals surface area contributed by atoms with Crippen molar-refractivity contribution in [2.75, 3.05) is 5.32 Å². The van der Waals surface area contributed by atoms with Crippen LogP contribution in [0.3, 0.4) is 0 Å². The van der Waals surface area contributed by atoms with Gasteiger partial charge in [-0.05, 0) is 30.7 Å². The standard InChI is InChI=1S/C18H15F3N4O/c19-18(20,21)13-5-4-6-14(11-13)23-17(26)24-15-9-10-25(22-12-15)16-7-2-1-3-8-16/h2-12,16H,1H2,(H,23,26). The zero-order chi connectivity index (χ0) is 18.6. The second kappa shape index (κ2) is 7.38. The van der Waals surface area contributed by atoms with Gasteiger partial charge in [0.1, 0.15) is 0 Å². The molecule has 0 bridgehead atoms. The van der Waals surface area contributed by atoms with Crippen molar-refractivity contribution < 1.29 is 18.0 Å². The van der Waals surface area contributed by atoms with Crippen LogP contribution in [-0.4, -0.2) is 15.8 Å². The highest BCUT2D eigenvalue weighted by Gasteiger charge is 2.30. The normalized spacial score (nSPS) is 15.3. The molecule has 0 radical (unpaired) electrons. The van der Waals surface area contributed by atoms with Crippen molar-refractivity contribution >= 4 is 11.7 Å². The minimum absolute atomic E-state index is 0.0109. The number of amides is 2. The molecule has 0 spiro atoms. The number of hydrogen-bond donors (Lipinski definition) is 1. The first-order chi connectivity index (χ1) is 12.4. The van der Waals surface area contributed by atoms with E-state index >= 15 is 0 Å². The lowest BCUT2D eigenvalue weighted by molar-refractivity contribution is -0.137. The summed E-state index contributed by atoms with van der Waals surface area (Å²) in [6.07, 6.45) is 7.58. The van der Waals surface area contributed by atoms with Gasteiger partial charge >= 0.3 is 12.2 Å². The maximum absolute atomic E-state index is 12.7. The molecule has 1 aliphatic carbocycles. The van der Waals surface area contributed by atoms with Crippen LogP contribution in [0.2, 0.25) is 0 Å². The quantitative estimate of drug-likeness (QED) is 0.820. The van der Waals surface area contributed by atoms with Gasteiger partial charge < -0.3 is 5.32 Å². The lowest BCUT2D eigenvalue weighted by Crippen LogP contribution is -2.17. The SMILES string of the molecule is O=C(N=c1ccn(C2C=CCC=C2)nc1)Nc1cccc(C(F)(F)F)c1. The second-order valence-corrected chi connectivity index (χ2v) is 5.57. The van der Waals surface area contributed by atoms with Crippen LogP contribution in [0.15, 0.2) is 72.0 Å². The first kappa shape index (κ1) is 17.7. The lowest BCUT2D eigenvalue weighted by atomic mass is 10.1. The minimum atomic E-state index is -4.48. The number of alkyl halides is 3. The minimum Gasteiger partial charge on any atom is -0.306 e. The second-order valence-electron chi connectivity index (χ2n) is 5.57. The maximum atomic E-state index is 12.7. The van der Waals surface area contributed by atoms with Crippen LogP contribution in [-0.2, 0) is 6.18 Å². The summed E-state index contributed by atoms with van der Waals surface area (Å²) >= 11 is 0. The fourth-order valence-corrected chi connectivity index (χ4v) is 2.40. The topological polar surface area (TPSA) is 59.3 Å². The molecule has 1 N–H and O–H groups in total. The number of nitrogens with one attached hydrogen (secondary N) is 1. The first-order valence-electron chi connectivity index (χ1n) is 7.82. The first-order valence-corrected chi connectivity index (χ1v) is 7.82. The van der Waals surface area contributed by atoms with Gasteiger partial charge in [-0.15, -0.1) is 0 Å². The van der Waals surface area contributed by atoms with E-state index < -0.39 is 17.8 Å². The van der Waals surface area contributed by atoms with Crippen LogP contribution in [0.25, 0.3) is 0 Å². The molecule has 2 aromatic rings. The van der Waals surface area contributed by atoms with Crippen molar-refractivity contribution in [1.82, 2.24) is 9.78 Å². The Morgan fingerprint density at radius 1 is 1.23 bits per heavy atom. The fourth-order valence-electron chi connectivity index (χ4n) is 2.40. The van der Waals surface area contributed by atoms with Crippen molar-refractivity contribution in [2.24, 2.45) is 4.99 Å². The molecule has 3 rings (SSSR count). The van der Waals surface area contributed by atoms with E-state index in [2.05, 4.69) is 15.4 Å². The van der Waals surface area contributed by atoms with Crippen LogP contribution < -0.4 is 10.7 Å². The molecule has 0 atom stereocenters. The molecule has 5 nitrogen and oxygen atoms in total. The number of carbonyl (C=O) groups is 1. The summed E-state index contributed by atoms with van der Waals surface area (Å²) in [4.78, 5) is 15.7. The highest BCUT2D eigenvalue weighted by molar-refractivity contribution is 5.90. The highest BCUT2D eigenvalue weighted by atomic mass is 19.4. The van der Waals surface area contributed by atoms with Gasteiger partial charge in [0.15, 0.2) is 0 Å². The van der Waals surface area contributed by atoms with E-state index in [4.69, 9.17) is 0 Å². The van der Waals surface area contributed by atoms with Gasteiger partial charge in [-0.1, -0.05) is 30.4 Å². The van der Waals surface area contributed by atoms with Gasteiger partial charge in [0.25, 0.3) is 0 Å². The van der Waals surface area contributed by atoms with Crippen molar-refractivity contribution in [3.05, 3.63) is 78.0 Å². The summed E-state index contributed by atoms with van der Waals surface area (Å²) in [6, 6.07) is 5.21. The Bertz CT molecular complexity index is 896. The van der Waals surface area contributed by atoms with Crippen LogP contribution in [0.4, 0.5) is 23.7 Å². The summed E-state index contributed by atoms with van der Waals surface area (Å²) in [7, 11) is 0. The molecule has 1 heterocycles. The number of hydrogen-bond acceptors (Lipinski definition) is 2. The molecule has 0 unspecified atom stereocenters. The Hall–Kier alpha value is -3.16. The Labute approximate surface area is 147 Å². The number of anilines is 1. The summed E-state index contributed by atoms with van der Waals surface area (Å²) in [5.74, 6) is 0. The predicted molar refractivity (Wildman–Crippen MR) is 90.2 cm³/mol. The van der Waals surface area contributed by atoms with E-state index in [0.29, 0.717) is 5.36 Å². The van der Waals surface area contributed by atoms with Crippen molar-refractivity contribution in [2.45, 2.75) is 18.6 Å². The molecular formula is C18H15F3N4O. The molecule has 0 saturated heterocycles. The molecule has 134 valence electrons. The number of halogens is 3. The summed E-state index contributed by atoms with van der Waals surface area (Å²) in [5, 5.41) is 6.82. The maximum Gasteiger partial charge on any atom is 0.416 e. The molecule has 0 saturated carbocycles. The van der Waals surface area contributed by atoms with Crippen LogP contribution in [0.5, 0.6) is 0 Å². The molecule has 26 heavy (non-hydrogen) atoms. The Morgan fingerprint density at radius 3 is 2.65 bits per heavy atom. The molecule has 1 aromatic heterocycles. The van der Waals surface area contributed by atoms with Crippen molar-refractivity contribution in [1.29, 1.82) is 0 Å². The number of allylic oxidation sites excluding steroid dienone is 4. The lowest BCUT2D eigenvalue weighted by Gasteiger charge is -2.13. The van der Waals surface area contributed by atoms with E-state index in [0.717, 1.165) is 18.6 Å². The van der Waals surface area contributed by atoms with E-state index in [1.807, 2.05) is 24.3 Å². The summed E-state index contributed by atoms with van der Waals surface area (Å²) in [6.45, 7) is 0. The van der Waals surface area contributed by atoms with Crippen LogP contribution in [0, 0.1) is 0 Å². The van der Waals surface area contributed by atoms with Crippen LogP contribution >= 0.6 is 0 Å². The third-order valence-corrected chi connectivity index (χ3v) is 3.64. The highest BCUT2D eigenvalue weighted by Crippen LogP contribution is 2.30. The molecule has 1 aliphatic rings. The molecule has 2 amide bonds. The Balaban J connectivity index is 1.72. The number of nitrogens with zero attached hydrogens (tertiary/aromatic N) is 3. The largest absolute Gasteiger partial charge is 0.416 e. The van der Waals surface area contributed by atoms with E-state index in [1.165, 1.54) is 18.3 Å². The smallest absolute Gasteiger partial charge is 0.306 e. The zero-order valence-corrected chi connectivity index (χ0v) is 13.5. The van der Waals surface area contributed by atoms with E-state index in [-0.39, 0.29) is 11.7 Å². The average Bonchev–Trinajstić information content (AvgIpc) is 2.62. The fraction of sp³-hybridized carbons (Fsp3) is 0.167. The third-order valence-electron chi connectivity index (χ3n) is 3.64. The monoisotopic (exact) mass is 360 g/mol. The van der Waals surface area contributed by atoms with Crippen molar-refractivity contribution in [3.63, 3.8) is 0 Å². The number of benzene rings is 1. The zero-order valence-electron chi connectivity index (χ0n) is 13.5. The molecule has 1 aromatic carbocycles. The van der Waals surface area contributed by atoms with Gasteiger partial charge in [0.05, 0.1) is 23.2 Å². The Kier molecular flexibility index (Phi) is 5.01. The number of aromatic nitrogens is 2. The molecule has 0 fully saturated rings. The van der Waals surface area contributed by atoms with Gasteiger partial charge in [-0.2, -0.15) is 23.3 Å². The molecular weight excluding hydrogens is 345 g/mol. The van der Waals surface area contributed by atoms with Crippen LogP contribution in [0.1, 0.15) is 18.0 Å². The molecule has 0 aliphatic heterocycles. The van der Waals surface area contributed by atoms with Gasteiger partial charge in [0.2, 0.25) is 0 Å². The molecule has 8 heteroatoms. The van der Waals surface area contributed by atoms with Gasteiger partial charge in [0, 0.05) is 11.9 Å².